The third kappa shape index (κ3) is 9.17. The van der Waals surface area contributed by atoms with Crippen molar-refractivity contribution in [1.82, 2.24) is 30.7 Å². The number of nitrogens with zero attached hydrogens (tertiary/aromatic N) is 4. The number of unbranched alkanes of at least 4 members (excludes halogenated alkanes) is 10. The van der Waals surface area contributed by atoms with Gasteiger partial charge in [0.2, 0.25) is 5.91 Å². The number of hydrazine groups is 1. The molecular formula is C35H46N6O7. The number of carbonyl (C=O) groups is 5. The molecule has 0 spiro atoms. The quantitative estimate of drug-likeness (QED) is 0.0926. The highest BCUT2D eigenvalue weighted by Crippen LogP contribution is 2.27. The van der Waals surface area contributed by atoms with Crippen molar-refractivity contribution in [2.45, 2.75) is 104 Å². The van der Waals surface area contributed by atoms with Gasteiger partial charge in [-0.2, -0.15) is 5.01 Å². The van der Waals surface area contributed by atoms with Crippen molar-refractivity contribution in [3.63, 3.8) is 0 Å². The molecule has 1 aromatic heterocycles. The molecule has 258 valence electrons. The van der Waals surface area contributed by atoms with Crippen molar-refractivity contribution in [2.24, 2.45) is 5.92 Å². The number of rotatable bonds is 19. The Kier molecular flexibility index (Phi) is 13.0. The normalized spacial score (nSPS) is 14.5. The van der Waals surface area contributed by atoms with E-state index in [1.54, 1.807) is 0 Å². The molecular weight excluding hydrogens is 616 g/mol. The molecule has 2 heterocycles. The number of nitrogens with one attached hydrogen (secondary N) is 2. The van der Waals surface area contributed by atoms with E-state index < -0.39 is 35.2 Å². The molecule has 1 saturated heterocycles. The van der Waals surface area contributed by atoms with E-state index in [0.717, 1.165) is 68.7 Å². The Balaban J connectivity index is 1.46. The molecule has 4 rings (SSSR count). The van der Waals surface area contributed by atoms with E-state index in [-0.39, 0.29) is 45.9 Å². The highest BCUT2D eigenvalue weighted by atomic mass is 16.4. The maximum Gasteiger partial charge on any atom is 0.336 e. The van der Waals surface area contributed by atoms with Crippen LogP contribution in [0.25, 0.3) is 16.7 Å². The maximum atomic E-state index is 13.3. The highest BCUT2D eigenvalue weighted by Gasteiger charge is 2.39. The molecule has 1 unspecified atom stereocenters. The summed E-state index contributed by atoms with van der Waals surface area (Å²) in [6.45, 7) is 4.81. The molecule has 1 aliphatic heterocycles. The number of carboxylic acids is 1. The molecule has 4 N–H and O–H groups in total. The fourth-order valence-electron chi connectivity index (χ4n) is 5.84. The van der Waals surface area contributed by atoms with Crippen LogP contribution in [0.3, 0.4) is 0 Å². The first-order chi connectivity index (χ1) is 23.1. The van der Waals surface area contributed by atoms with Crippen LogP contribution in [0.5, 0.6) is 5.75 Å². The summed E-state index contributed by atoms with van der Waals surface area (Å²) in [5.41, 5.74) is 2.12. The number of amides is 4. The molecule has 1 fully saturated rings. The van der Waals surface area contributed by atoms with E-state index in [9.17, 15) is 34.2 Å². The summed E-state index contributed by atoms with van der Waals surface area (Å²) in [6.07, 6.45) is 13.3. The average Bonchev–Trinajstić information content (AvgIpc) is 3.60. The maximum absolute atomic E-state index is 13.3. The number of phenols is 1. The Morgan fingerprint density at radius 1 is 0.812 bits per heavy atom. The smallest absolute Gasteiger partial charge is 0.336 e. The number of benzene rings is 2. The van der Waals surface area contributed by atoms with Gasteiger partial charge in [-0.15, -0.1) is 15.0 Å². The monoisotopic (exact) mass is 662 g/mol. The number of aromatic hydroxyl groups is 1. The number of imide groups is 1. The van der Waals surface area contributed by atoms with Crippen molar-refractivity contribution in [3.8, 4) is 11.4 Å². The lowest BCUT2D eigenvalue weighted by Crippen LogP contribution is -2.46. The lowest BCUT2D eigenvalue weighted by molar-refractivity contribution is -0.142. The summed E-state index contributed by atoms with van der Waals surface area (Å²) in [6, 6.07) is 6.59. The first-order valence-electron chi connectivity index (χ1n) is 17.1. The minimum Gasteiger partial charge on any atom is -0.506 e. The second-order valence-electron chi connectivity index (χ2n) is 12.4. The summed E-state index contributed by atoms with van der Waals surface area (Å²) in [7, 11) is 0. The number of phenolic OH excluding ortho intramolecular Hbond substituents is 1. The van der Waals surface area contributed by atoms with Gasteiger partial charge in [-0.05, 0) is 43.2 Å². The van der Waals surface area contributed by atoms with Crippen LogP contribution in [-0.4, -0.2) is 66.4 Å². The van der Waals surface area contributed by atoms with Gasteiger partial charge < -0.3 is 15.5 Å². The van der Waals surface area contributed by atoms with Crippen molar-refractivity contribution < 1.29 is 34.2 Å². The molecule has 0 saturated carbocycles. The Morgan fingerprint density at radius 3 is 2.06 bits per heavy atom. The number of carboxylic acid groups (broad SMARTS) is 1. The molecule has 13 nitrogen and oxygen atoms in total. The van der Waals surface area contributed by atoms with Crippen molar-refractivity contribution in [3.05, 3.63) is 47.0 Å². The SMILES string of the molecule is CCCCCCCCNC(=O)c1ccc(O)c(-n2nc3cc(C(=O)O)c(C(=O)NN4C(=O)CC(CCCCCCCC)C4=O)cc3n2)c1. The van der Waals surface area contributed by atoms with Gasteiger partial charge >= 0.3 is 5.97 Å². The van der Waals surface area contributed by atoms with Crippen LogP contribution in [-0.2, 0) is 9.59 Å². The third-order valence-corrected chi connectivity index (χ3v) is 8.62. The number of carbonyl (C=O) groups excluding carboxylic acids is 4. The highest BCUT2D eigenvalue weighted by molar-refractivity contribution is 6.10. The van der Waals surface area contributed by atoms with Crippen molar-refractivity contribution in [2.75, 3.05) is 6.54 Å². The zero-order chi connectivity index (χ0) is 34.6. The van der Waals surface area contributed by atoms with Crippen LogP contribution < -0.4 is 10.7 Å². The molecule has 2 aromatic carbocycles. The summed E-state index contributed by atoms with van der Waals surface area (Å²) < 4.78 is 0. The molecule has 4 amide bonds. The second kappa shape index (κ2) is 17.4. The van der Waals surface area contributed by atoms with Crippen LogP contribution in [0.4, 0.5) is 0 Å². The Morgan fingerprint density at radius 2 is 1.42 bits per heavy atom. The van der Waals surface area contributed by atoms with Crippen LogP contribution in [0.1, 0.15) is 135 Å². The number of aromatic carboxylic acids is 1. The zero-order valence-electron chi connectivity index (χ0n) is 27.8. The van der Waals surface area contributed by atoms with Crippen molar-refractivity contribution >= 4 is 40.6 Å². The van der Waals surface area contributed by atoms with E-state index in [0.29, 0.717) is 18.0 Å². The van der Waals surface area contributed by atoms with Gasteiger partial charge in [0.1, 0.15) is 22.5 Å². The molecule has 48 heavy (non-hydrogen) atoms. The second-order valence-corrected chi connectivity index (χ2v) is 12.4. The first-order valence-corrected chi connectivity index (χ1v) is 17.1. The summed E-state index contributed by atoms with van der Waals surface area (Å²) in [5.74, 6) is -4.54. The number of fused-ring (bicyclic) bond motifs is 1. The Hall–Kier alpha value is -4.81. The van der Waals surface area contributed by atoms with E-state index in [2.05, 4.69) is 34.8 Å². The van der Waals surface area contributed by atoms with E-state index in [1.807, 2.05) is 0 Å². The van der Waals surface area contributed by atoms with Crippen LogP contribution in [0.2, 0.25) is 0 Å². The zero-order valence-corrected chi connectivity index (χ0v) is 27.8. The van der Waals surface area contributed by atoms with Gasteiger partial charge in [-0.3, -0.25) is 24.6 Å². The van der Waals surface area contributed by atoms with Gasteiger partial charge in [-0.25, -0.2) is 4.79 Å². The lowest BCUT2D eigenvalue weighted by Gasteiger charge is -2.17. The average molecular weight is 663 g/mol. The molecule has 13 heteroatoms. The van der Waals surface area contributed by atoms with Crippen LogP contribution in [0, 0.1) is 5.92 Å². The fraction of sp³-hybridized carbons (Fsp3) is 0.514. The number of aromatic nitrogens is 3. The summed E-state index contributed by atoms with van der Waals surface area (Å²) in [4.78, 5) is 64.9. The minimum atomic E-state index is -1.43. The number of hydrogen-bond donors (Lipinski definition) is 4. The molecule has 3 aromatic rings. The first kappa shape index (κ1) is 36.0. The van der Waals surface area contributed by atoms with E-state index >= 15 is 0 Å². The molecule has 0 radical (unpaired) electrons. The largest absolute Gasteiger partial charge is 0.506 e. The fourth-order valence-corrected chi connectivity index (χ4v) is 5.84. The predicted octanol–water partition coefficient (Wildman–Crippen LogP) is 5.69. The van der Waals surface area contributed by atoms with Gasteiger partial charge in [0.15, 0.2) is 0 Å². The van der Waals surface area contributed by atoms with Crippen LogP contribution >= 0.6 is 0 Å². The summed E-state index contributed by atoms with van der Waals surface area (Å²) in [5, 5.41) is 32.6. The molecule has 0 bridgehead atoms. The predicted molar refractivity (Wildman–Crippen MR) is 179 cm³/mol. The van der Waals surface area contributed by atoms with Gasteiger partial charge in [-0.1, -0.05) is 84.5 Å². The van der Waals surface area contributed by atoms with Gasteiger partial charge in [0.25, 0.3) is 17.7 Å². The molecule has 1 aliphatic rings. The van der Waals surface area contributed by atoms with Crippen LogP contribution in [0.15, 0.2) is 30.3 Å². The Bertz CT molecular complexity index is 1630. The topological polar surface area (TPSA) is 184 Å². The standard InChI is InChI=1S/C35H46N6O7/c1-3-5-7-9-11-13-15-24-20-31(43)40(34(24)46)39-33(45)25-21-27-28(22-26(25)35(47)48)38-41(37-27)29-19-23(16-17-30(29)42)32(44)36-18-14-12-10-8-6-4-2/h16-17,19,21-22,24,42H,3-15,18,20H2,1-2H3,(H,36,44)(H,39,45)(H,47,48). The summed E-state index contributed by atoms with van der Waals surface area (Å²) >= 11 is 0. The molecule has 0 aliphatic carbocycles. The molecule has 1 atom stereocenters. The third-order valence-electron chi connectivity index (χ3n) is 8.62. The van der Waals surface area contributed by atoms with Gasteiger partial charge in [0, 0.05) is 24.4 Å². The van der Waals surface area contributed by atoms with Crippen molar-refractivity contribution in [1.29, 1.82) is 0 Å². The minimum absolute atomic E-state index is 0.0210. The van der Waals surface area contributed by atoms with E-state index in [4.69, 9.17) is 0 Å². The van der Waals surface area contributed by atoms with E-state index in [1.165, 1.54) is 43.5 Å². The number of hydrogen-bond acceptors (Lipinski definition) is 8. The Labute approximate surface area is 280 Å². The van der Waals surface area contributed by atoms with Gasteiger partial charge in [0.05, 0.1) is 11.1 Å². The lowest BCUT2D eigenvalue weighted by atomic mass is 9.99.